The summed E-state index contributed by atoms with van der Waals surface area (Å²) in [6.45, 7) is 0. The first-order chi connectivity index (χ1) is 12.9. The molecule has 0 fully saturated rings. The maximum atomic E-state index is 11.2. The predicted octanol–water partition coefficient (Wildman–Crippen LogP) is 5.64. The average molecular weight is 406 g/mol. The second kappa shape index (κ2) is 6.51. The Bertz CT molecular complexity index is 1010. The number of hydrogen-bond acceptors (Lipinski definition) is 5. The van der Waals surface area contributed by atoms with Crippen molar-refractivity contribution in [2.24, 2.45) is 5.92 Å². The minimum Gasteiger partial charge on any atom is -0.376 e. The van der Waals surface area contributed by atoms with Crippen LogP contribution in [0.25, 0.3) is 0 Å². The highest BCUT2D eigenvalue weighted by Crippen LogP contribution is 2.53. The van der Waals surface area contributed by atoms with Crippen molar-refractivity contribution in [1.29, 1.82) is 0 Å². The van der Waals surface area contributed by atoms with Gasteiger partial charge in [0.05, 0.1) is 26.6 Å². The normalized spacial score (nSPS) is 22.7. The third-order valence-electron chi connectivity index (χ3n) is 5.14. The molecule has 1 N–H and O–H groups in total. The van der Waals surface area contributed by atoms with E-state index in [0.29, 0.717) is 16.3 Å². The number of nitrogens with one attached hydrogen (secondary N) is 1. The summed E-state index contributed by atoms with van der Waals surface area (Å²) in [5.74, 6) is -0.0611. The first-order valence-electron chi connectivity index (χ1n) is 8.21. The quantitative estimate of drug-likeness (QED) is 0.404. The van der Waals surface area contributed by atoms with Gasteiger partial charge in [0, 0.05) is 40.8 Å². The van der Waals surface area contributed by atoms with Gasteiger partial charge < -0.3 is 5.32 Å². The Balaban J connectivity index is 1.85. The second-order valence-electron chi connectivity index (χ2n) is 6.59. The van der Waals surface area contributed by atoms with Crippen LogP contribution < -0.4 is 5.32 Å². The monoisotopic (exact) mass is 405 g/mol. The number of non-ortho nitro benzene ring substituents is 2. The predicted molar refractivity (Wildman–Crippen MR) is 103 cm³/mol. The number of halogens is 2. The highest BCUT2D eigenvalue weighted by molar-refractivity contribution is 6.34. The SMILES string of the molecule is O=[N+]([O-])c1ccc(Cl)c([C@H]2Nc3c(Cl)cc([N+](=O)[O-])cc3[C@@H]3C=CC[C@H]23)c1. The average Bonchev–Trinajstić information content (AvgIpc) is 3.11. The summed E-state index contributed by atoms with van der Waals surface area (Å²) in [4.78, 5) is 21.4. The van der Waals surface area contributed by atoms with E-state index in [4.69, 9.17) is 23.2 Å². The summed E-state index contributed by atoms with van der Waals surface area (Å²) in [6.07, 6.45) is 4.74. The van der Waals surface area contributed by atoms with Gasteiger partial charge >= 0.3 is 0 Å². The molecule has 138 valence electrons. The summed E-state index contributed by atoms with van der Waals surface area (Å²) < 4.78 is 0. The number of fused-ring (bicyclic) bond motifs is 3. The van der Waals surface area contributed by atoms with E-state index in [9.17, 15) is 20.2 Å². The van der Waals surface area contributed by atoms with E-state index in [2.05, 4.69) is 5.32 Å². The molecular weight excluding hydrogens is 393 g/mol. The number of nitro benzene ring substituents is 2. The molecule has 9 heteroatoms. The number of rotatable bonds is 3. The molecule has 1 heterocycles. The van der Waals surface area contributed by atoms with Crippen molar-refractivity contribution in [3.8, 4) is 0 Å². The molecule has 2 aromatic rings. The van der Waals surface area contributed by atoms with Crippen LogP contribution >= 0.6 is 23.2 Å². The van der Waals surface area contributed by atoms with Gasteiger partial charge in [0.1, 0.15) is 0 Å². The van der Waals surface area contributed by atoms with E-state index in [1.54, 1.807) is 0 Å². The van der Waals surface area contributed by atoms with Crippen LogP contribution in [-0.2, 0) is 0 Å². The van der Waals surface area contributed by atoms with Crippen molar-refractivity contribution in [1.82, 2.24) is 0 Å². The molecule has 1 aliphatic heterocycles. The second-order valence-corrected chi connectivity index (χ2v) is 7.40. The Morgan fingerprint density at radius 1 is 0.963 bits per heavy atom. The third-order valence-corrected chi connectivity index (χ3v) is 5.78. The van der Waals surface area contributed by atoms with E-state index >= 15 is 0 Å². The zero-order valence-corrected chi connectivity index (χ0v) is 15.3. The number of nitrogens with zero attached hydrogens (tertiary/aromatic N) is 2. The third kappa shape index (κ3) is 2.93. The molecule has 27 heavy (non-hydrogen) atoms. The molecule has 3 atom stereocenters. The highest BCUT2D eigenvalue weighted by Gasteiger charge is 2.40. The zero-order chi connectivity index (χ0) is 19.3. The van der Waals surface area contributed by atoms with Crippen molar-refractivity contribution in [3.63, 3.8) is 0 Å². The Kier molecular flexibility index (Phi) is 4.28. The summed E-state index contributed by atoms with van der Waals surface area (Å²) in [7, 11) is 0. The van der Waals surface area contributed by atoms with Crippen LogP contribution in [0.4, 0.5) is 17.1 Å². The first-order valence-corrected chi connectivity index (χ1v) is 8.97. The van der Waals surface area contributed by atoms with Crippen molar-refractivity contribution >= 4 is 40.3 Å². The molecule has 4 rings (SSSR count). The van der Waals surface area contributed by atoms with E-state index in [-0.39, 0.29) is 34.3 Å². The van der Waals surface area contributed by atoms with Gasteiger partial charge in [0.2, 0.25) is 0 Å². The molecule has 0 radical (unpaired) electrons. The van der Waals surface area contributed by atoms with Gasteiger partial charge in [-0.3, -0.25) is 20.2 Å². The Labute approximate surface area is 163 Å². The number of benzene rings is 2. The molecule has 0 spiro atoms. The summed E-state index contributed by atoms with van der Waals surface area (Å²) in [5.41, 5.74) is 1.86. The topological polar surface area (TPSA) is 98.3 Å². The number of hydrogen-bond donors (Lipinski definition) is 1. The molecule has 0 bridgehead atoms. The molecule has 0 amide bonds. The highest BCUT2D eigenvalue weighted by atomic mass is 35.5. The fourth-order valence-electron chi connectivity index (χ4n) is 3.94. The molecule has 7 nitrogen and oxygen atoms in total. The largest absolute Gasteiger partial charge is 0.376 e. The molecule has 0 aromatic heterocycles. The van der Waals surface area contributed by atoms with Crippen LogP contribution in [-0.4, -0.2) is 9.85 Å². The van der Waals surface area contributed by atoms with Gasteiger partial charge in [-0.1, -0.05) is 35.4 Å². The molecule has 0 unspecified atom stereocenters. The van der Waals surface area contributed by atoms with E-state index < -0.39 is 9.85 Å². The van der Waals surface area contributed by atoms with Crippen molar-refractivity contribution in [2.45, 2.75) is 18.4 Å². The maximum absolute atomic E-state index is 11.2. The Morgan fingerprint density at radius 3 is 2.37 bits per heavy atom. The molecule has 0 saturated heterocycles. The molecule has 2 aliphatic rings. The van der Waals surface area contributed by atoms with Gasteiger partial charge in [-0.15, -0.1) is 0 Å². The minimum atomic E-state index is -0.469. The maximum Gasteiger partial charge on any atom is 0.271 e. The van der Waals surface area contributed by atoms with Crippen molar-refractivity contribution < 1.29 is 9.85 Å². The fraction of sp³-hybridized carbons (Fsp3) is 0.222. The summed E-state index contributed by atoms with van der Waals surface area (Å²) in [6, 6.07) is 6.89. The zero-order valence-electron chi connectivity index (χ0n) is 13.8. The summed E-state index contributed by atoms with van der Waals surface area (Å²) >= 11 is 12.7. The lowest BCUT2D eigenvalue weighted by Gasteiger charge is -2.38. The summed E-state index contributed by atoms with van der Waals surface area (Å²) in [5, 5.41) is 26.3. The van der Waals surface area contributed by atoms with E-state index in [0.717, 1.165) is 12.0 Å². The fourth-order valence-corrected chi connectivity index (χ4v) is 4.45. The van der Waals surface area contributed by atoms with Gasteiger partial charge in [0.25, 0.3) is 11.4 Å². The van der Waals surface area contributed by atoms with Gasteiger partial charge in [-0.25, -0.2) is 0 Å². The molecular formula is C18H13Cl2N3O4. The van der Waals surface area contributed by atoms with Gasteiger partial charge in [-0.05, 0) is 24.0 Å². The van der Waals surface area contributed by atoms with Gasteiger partial charge in [0.15, 0.2) is 0 Å². The van der Waals surface area contributed by atoms with Crippen LogP contribution in [0, 0.1) is 26.1 Å². The van der Waals surface area contributed by atoms with Crippen LogP contribution in [0.3, 0.4) is 0 Å². The van der Waals surface area contributed by atoms with Crippen molar-refractivity contribution in [3.05, 3.63) is 83.9 Å². The minimum absolute atomic E-state index is 0.0232. The van der Waals surface area contributed by atoms with Crippen LogP contribution in [0.2, 0.25) is 10.0 Å². The van der Waals surface area contributed by atoms with Gasteiger partial charge in [-0.2, -0.15) is 0 Å². The Hall–Kier alpha value is -2.64. The molecule has 2 aromatic carbocycles. The number of anilines is 1. The lowest BCUT2D eigenvalue weighted by Crippen LogP contribution is -2.29. The number of nitro groups is 2. The van der Waals surface area contributed by atoms with Crippen molar-refractivity contribution in [2.75, 3.05) is 5.32 Å². The number of allylic oxidation sites excluding steroid dienone is 2. The lowest BCUT2D eigenvalue weighted by molar-refractivity contribution is -0.385. The van der Waals surface area contributed by atoms with Crippen LogP contribution in [0.15, 0.2) is 42.5 Å². The standard InChI is InChI=1S/C18H13Cl2N3O4/c19-15-5-4-9(22(24)25)6-14(15)17-12-3-1-2-11(12)13-7-10(23(26)27)8-16(20)18(13)21-17/h1-2,4-8,11-12,17,21H,3H2/t11-,12+,17+/m1/s1. The first kappa shape index (κ1) is 17.8. The lowest BCUT2D eigenvalue weighted by atomic mass is 9.77. The molecule has 1 aliphatic carbocycles. The van der Waals surface area contributed by atoms with Crippen LogP contribution in [0.5, 0.6) is 0 Å². The molecule has 0 saturated carbocycles. The van der Waals surface area contributed by atoms with E-state index in [1.165, 1.54) is 30.3 Å². The Morgan fingerprint density at radius 2 is 1.67 bits per heavy atom. The van der Waals surface area contributed by atoms with Crippen LogP contribution in [0.1, 0.15) is 29.5 Å². The van der Waals surface area contributed by atoms with E-state index in [1.807, 2.05) is 12.2 Å². The smallest absolute Gasteiger partial charge is 0.271 e.